The summed E-state index contributed by atoms with van der Waals surface area (Å²) in [6, 6.07) is 10.7. The topological polar surface area (TPSA) is 125 Å². The summed E-state index contributed by atoms with van der Waals surface area (Å²) in [6.45, 7) is 0.114. The summed E-state index contributed by atoms with van der Waals surface area (Å²) in [5.74, 6) is -3.70. The number of pyridine rings is 1. The van der Waals surface area contributed by atoms with Crippen molar-refractivity contribution in [3.8, 4) is 11.3 Å². The highest BCUT2D eigenvalue weighted by Crippen LogP contribution is 2.14. The molecule has 162 valence electrons. The second kappa shape index (κ2) is 10.1. The first kappa shape index (κ1) is 23.2. The second-order valence-corrected chi connectivity index (χ2v) is 5.85. The van der Waals surface area contributed by atoms with Crippen molar-refractivity contribution < 1.29 is 32.3 Å². The van der Waals surface area contributed by atoms with E-state index in [1.807, 2.05) is 0 Å². The molecule has 3 N–H and O–H groups in total. The van der Waals surface area contributed by atoms with Gasteiger partial charge in [0.05, 0.1) is 5.69 Å². The molecule has 31 heavy (non-hydrogen) atoms. The molecule has 2 heterocycles. The Morgan fingerprint density at radius 3 is 2.32 bits per heavy atom. The van der Waals surface area contributed by atoms with E-state index in [0.29, 0.717) is 11.3 Å². The molecule has 3 rings (SSSR count). The van der Waals surface area contributed by atoms with Crippen LogP contribution in [0.2, 0.25) is 0 Å². The van der Waals surface area contributed by atoms with Crippen molar-refractivity contribution in [2.75, 3.05) is 0 Å². The quantitative estimate of drug-likeness (QED) is 0.538. The predicted molar refractivity (Wildman–Crippen MR) is 99.3 cm³/mol. The SMILES string of the molecule is O=C(NCc1cccc(F)c1)c1cc(-c2ccncc2)n[nH]c1=O.O=C(O)C(F)(F)F. The maximum Gasteiger partial charge on any atom is 0.490 e. The van der Waals surface area contributed by atoms with Crippen molar-refractivity contribution in [2.45, 2.75) is 12.7 Å². The molecule has 0 radical (unpaired) electrons. The number of aliphatic carboxylic acids is 1. The molecular formula is C19H14F4N4O4. The van der Waals surface area contributed by atoms with E-state index < -0.39 is 23.6 Å². The summed E-state index contributed by atoms with van der Waals surface area (Å²) in [5, 5.41) is 16.0. The summed E-state index contributed by atoms with van der Waals surface area (Å²) in [4.78, 5) is 36.9. The maximum absolute atomic E-state index is 13.1. The Balaban J connectivity index is 0.000000423. The molecule has 2 aromatic heterocycles. The maximum atomic E-state index is 13.1. The number of aromatic amines is 1. The number of carboxylic acids is 1. The summed E-state index contributed by atoms with van der Waals surface area (Å²) < 4.78 is 44.9. The number of carbonyl (C=O) groups excluding carboxylic acids is 1. The van der Waals surface area contributed by atoms with Gasteiger partial charge in [0.2, 0.25) is 0 Å². The van der Waals surface area contributed by atoms with Crippen molar-refractivity contribution >= 4 is 11.9 Å². The third-order valence-corrected chi connectivity index (χ3v) is 3.61. The number of amides is 1. The molecule has 0 bridgehead atoms. The minimum atomic E-state index is -5.08. The van der Waals surface area contributed by atoms with Crippen LogP contribution in [-0.4, -0.2) is 38.3 Å². The number of nitrogens with zero attached hydrogens (tertiary/aromatic N) is 2. The van der Waals surface area contributed by atoms with Gasteiger partial charge in [-0.2, -0.15) is 18.3 Å². The van der Waals surface area contributed by atoms with Gasteiger partial charge in [-0.15, -0.1) is 0 Å². The van der Waals surface area contributed by atoms with Crippen LogP contribution in [0.4, 0.5) is 17.6 Å². The molecule has 0 spiro atoms. The molecule has 0 aliphatic rings. The Bertz CT molecular complexity index is 1120. The van der Waals surface area contributed by atoms with E-state index >= 15 is 0 Å². The lowest BCUT2D eigenvalue weighted by atomic mass is 10.1. The van der Waals surface area contributed by atoms with Crippen LogP contribution in [0.5, 0.6) is 0 Å². The van der Waals surface area contributed by atoms with Crippen LogP contribution in [-0.2, 0) is 11.3 Å². The summed E-state index contributed by atoms with van der Waals surface area (Å²) in [6.07, 6.45) is -1.91. The number of carboxylic acid groups (broad SMARTS) is 1. The Labute approximate surface area is 171 Å². The fraction of sp³-hybridized carbons (Fsp3) is 0.105. The van der Waals surface area contributed by atoms with Gasteiger partial charge in [0, 0.05) is 24.5 Å². The lowest BCUT2D eigenvalue weighted by Gasteiger charge is -2.06. The molecule has 3 aromatic rings. The molecule has 0 saturated heterocycles. The van der Waals surface area contributed by atoms with Crippen LogP contribution in [0.25, 0.3) is 11.3 Å². The average Bonchev–Trinajstić information content (AvgIpc) is 2.73. The van der Waals surface area contributed by atoms with Crippen molar-refractivity contribution in [3.05, 3.63) is 82.2 Å². The Morgan fingerprint density at radius 2 is 1.74 bits per heavy atom. The van der Waals surface area contributed by atoms with Crippen LogP contribution in [0.1, 0.15) is 15.9 Å². The summed E-state index contributed by atoms with van der Waals surface area (Å²) in [7, 11) is 0. The van der Waals surface area contributed by atoms with E-state index in [1.165, 1.54) is 18.2 Å². The van der Waals surface area contributed by atoms with Gasteiger partial charge in [-0.05, 0) is 35.9 Å². The van der Waals surface area contributed by atoms with Crippen LogP contribution in [0.15, 0.2) is 59.7 Å². The standard InChI is InChI=1S/C17H13FN4O2.C2HF3O2/c18-13-3-1-2-11(8-13)10-20-16(23)14-9-15(21-22-17(14)24)12-4-6-19-7-5-12;3-2(4,5)1(6)7/h1-9H,10H2,(H,20,23)(H,22,24);(H,6,7). The molecule has 0 aliphatic carbocycles. The number of halogens is 4. The number of nitrogens with one attached hydrogen (secondary N) is 2. The molecule has 12 heteroatoms. The summed E-state index contributed by atoms with van der Waals surface area (Å²) in [5.41, 5.74) is 1.12. The zero-order valence-corrected chi connectivity index (χ0v) is 15.5. The highest BCUT2D eigenvalue weighted by molar-refractivity contribution is 5.94. The normalized spacial score (nSPS) is 10.6. The highest BCUT2D eigenvalue weighted by atomic mass is 19.4. The fourth-order valence-corrected chi connectivity index (χ4v) is 2.17. The van der Waals surface area contributed by atoms with Gasteiger partial charge >= 0.3 is 12.1 Å². The fourth-order valence-electron chi connectivity index (χ4n) is 2.17. The van der Waals surface area contributed by atoms with E-state index in [0.717, 1.165) is 5.56 Å². The monoisotopic (exact) mass is 438 g/mol. The van der Waals surface area contributed by atoms with Gasteiger partial charge in [0.1, 0.15) is 11.4 Å². The smallest absolute Gasteiger partial charge is 0.475 e. The lowest BCUT2D eigenvalue weighted by molar-refractivity contribution is -0.192. The van der Waals surface area contributed by atoms with E-state index in [-0.39, 0.29) is 17.9 Å². The van der Waals surface area contributed by atoms with Crippen molar-refractivity contribution in [1.29, 1.82) is 0 Å². The summed E-state index contributed by atoms with van der Waals surface area (Å²) >= 11 is 0. The number of aromatic nitrogens is 3. The van der Waals surface area contributed by atoms with Gasteiger partial charge in [0.15, 0.2) is 0 Å². The molecule has 0 saturated carbocycles. The number of rotatable bonds is 4. The molecule has 0 fully saturated rings. The Kier molecular flexibility index (Phi) is 7.55. The third-order valence-electron chi connectivity index (χ3n) is 3.61. The van der Waals surface area contributed by atoms with Gasteiger partial charge < -0.3 is 10.4 Å². The first-order chi connectivity index (χ1) is 14.6. The molecule has 1 amide bonds. The first-order valence-corrected chi connectivity index (χ1v) is 8.41. The lowest BCUT2D eigenvalue weighted by Crippen LogP contribution is -2.29. The van der Waals surface area contributed by atoms with Gasteiger partial charge in [-0.25, -0.2) is 14.3 Å². The number of H-pyrrole nitrogens is 1. The molecule has 8 nitrogen and oxygen atoms in total. The third kappa shape index (κ3) is 7.03. The van der Waals surface area contributed by atoms with E-state index in [1.54, 1.807) is 36.7 Å². The zero-order valence-electron chi connectivity index (χ0n) is 15.5. The van der Waals surface area contributed by atoms with Gasteiger partial charge in [0.25, 0.3) is 11.5 Å². The average molecular weight is 438 g/mol. The highest BCUT2D eigenvalue weighted by Gasteiger charge is 2.38. The molecular weight excluding hydrogens is 424 g/mol. The molecule has 0 atom stereocenters. The Hall–Kier alpha value is -4.09. The second-order valence-electron chi connectivity index (χ2n) is 5.85. The number of carbonyl (C=O) groups is 2. The van der Waals surface area contributed by atoms with Gasteiger partial charge in [-0.3, -0.25) is 14.6 Å². The number of hydrogen-bond acceptors (Lipinski definition) is 5. The largest absolute Gasteiger partial charge is 0.490 e. The van der Waals surface area contributed by atoms with Gasteiger partial charge in [-0.1, -0.05) is 12.1 Å². The Morgan fingerprint density at radius 1 is 1.10 bits per heavy atom. The van der Waals surface area contributed by atoms with Crippen LogP contribution < -0.4 is 10.9 Å². The minimum Gasteiger partial charge on any atom is -0.475 e. The van der Waals surface area contributed by atoms with Crippen molar-refractivity contribution in [2.24, 2.45) is 0 Å². The van der Waals surface area contributed by atoms with E-state index in [9.17, 15) is 27.2 Å². The number of benzene rings is 1. The molecule has 0 aliphatic heterocycles. The van der Waals surface area contributed by atoms with Crippen LogP contribution >= 0.6 is 0 Å². The number of alkyl halides is 3. The first-order valence-electron chi connectivity index (χ1n) is 8.41. The van der Waals surface area contributed by atoms with Crippen LogP contribution in [0, 0.1) is 5.82 Å². The van der Waals surface area contributed by atoms with E-state index in [4.69, 9.17) is 9.90 Å². The number of hydrogen-bond donors (Lipinski definition) is 3. The van der Waals surface area contributed by atoms with Crippen LogP contribution in [0.3, 0.4) is 0 Å². The van der Waals surface area contributed by atoms with E-state index in [2.05, 4.69) is 20.5 Å². The van der Waals surface area contributed by atoms with Crippen molar-refractivity contribution in [1.82, 2.24) is 20.5 Å². The van der Waals surface area contributed by atoms with Crippen molar-refractivity contribution in [3.63, 3.8) is 0 Å². The molecule has 1 aromatic carbocycles. The molecule has 0 unspecified atom stereocenters. The minimum absolute atomic E-state index is 0.0618. The zero-order chi connectivity index (χ0) is 23.0. The predicted octanol–water partition coefficient (Wildman–Crippen LogP) is 2.53.